The molecule has 0 aliphatic rings. The van der Waals surface area contributed by atoms with Crippen LogP contribution in [-0.2, 0) is 0 Å². The van der Waals surface area contributed by atoms with Crippen LogP contribution in [0.25, 0.3) is 16.9 Å². The Morgan fingerprint density at radius 1 is 1.09 bits per heavy atom. The number of aromatic nitrogens is 2. The number of nitrogens with two attached hydrogens (primary N) is 1. The molecule has 0 atom stereocenters. The van der Waals surface area contributed by atoms with Crippen LogP contribution >= 0.6 is 0 Å². The van der Waals surface area contributed by atoms with E-state index in [4.69, 9.17) is 5.84 Å². The third kappa shape index (κ3) is 2.62. The van der Waals surface area contributed by atoms with Crippen molar-refractivity contribution in [2.75, 3.05) is 0 Å². The first-order chi connectivity index (χ1) is 10.7. The van der Waals surface area contributed by atoms with E-state index >= 15 is 0 Å². The van der Waals surface area contributed by atoms with Gasteiger partial charge in [0.25, 0.3) is 5.91 Å². The Kier molecular flexibility index (Phi) is 3.72. The van der Waals surface area contributed by atoms with Gasteiger partial charge in [0.05, 0.1) is 11.4 Å². The molecule has 1 aromatic heterocycles. The summed E-state index contributed by atoms with van der Waals surface area (Å²) in [4.78, 5) is 12.0. The Hall–Kier alpha value is -2.92. The number of hydrazine groups is 1. The monoisotopic (exact) mass is 292 g/mol. The largest absolute Gasteiger partial charge is 0.289 e. The molecule has 0 bridgehead atoms. The van der Waals surface area contributed by atoms with Gasteiger partial charge in [-0.15, -0.1) is 0 Å². The molecule has 0 radical (unpaired) electrons. The molecule has 0 unspecified atom stereocenters. The number of hydrogen-bond donors (Lipinski definition) is 2. The van der Waals surface area contributed by atoms with E-state index in [2.05, 4.69) is 10.5 Å². The molecule has 22 heavy (non-hydrogen) atoms. The lowest BCUT2D eigenvalue weighted by Gasteiger charge is -2.06. The highest BCUT2D eigenvalue weighted by Gasteiger charge is 2.16. The second-order valence-electron chi connectivity index (χ2n) is 5.00. The van der Waals surface area contributed by atoms with Crippen LogP contribution in [0.15, 0.2) is 60.7 Å². The van der Waals surface area contributed by atoms with Crippen molar-refractivity contribution in [1.82, 2.24) is 15.2 Å². The minimum absolute atomic E-state index is 0.379. The standard InChI is InChI=1S/C17H16N4O/c1-12-7-9-14(10-8-12)21-16(17(22)19-18)11-15(20-21)13-5-3-2-4-6-13/h2-11H,18H2,1H3,(H,19,22). The van der Waals surface area contributed by atoms with E-state index in [1.54, 1.807) is 10.7 Å². The second kappa shape index (κ2) is 5.83. The summed E-state index contributed by atoms with van der Waals surface area (Å²) in [5, 5.41) is 4.55. The molecule has 0 saturated heterocycles. The van der Waals surface area contributed by atoms with E-state index in [1.807, 2.05) is 61.5 Å². The zero-order valence-electron chi connectivity index (χ0n) is 12.2. The Morgan fingerprint density at radius 3 is 2.41 bits per heavy atom. The number of carbonyl (C=O) groups excluding carboxylic acids is 1. The van der Waals surface area contributed by atoms with Crippen LogP contribution in [0, 0.1) is 6.92 Å². The maximum atomic E-state index is 12.0. The number of aryl methyl sites for hydroxylation is 1. The SMILES string of the molecule is Cc1ccc(-n2nc(-c3ccccc3)cc2C(=O)NN)cc1. The topological polar surface area (TPSA) is 72.9 Å². The normalized spacial score (nSPS) is 10.5. The van der Waals surface area contributed by atoms with Crippen LogP contribution in [0.2, 0.25) is 0 Å². The molecule has 1 amide bonds. The van der Waals surface area contributed by atoms with E-state index in [0.717, 1.165) is 22.5 Å². The van der Waals surface area contributed by atoms with Gasteiger partial charge in [0.1, 0.15) is 5.69 Å². The maximum absolute atomic E-state index is 12.0. The number of amides is 1. The summed E-state index contributed by atoms with van der Waals surface area (Å²) < 4.78 is 1.60. The minimum atomic E-state index is -0.379. The van der Waals surface area contributed by atoms with Gasteiger partial charge < -0.3 is 0 Å². The molecule has 1 heterocycles. The van der Waals surface area contributed by atoms with Gasteiger partial charge in [-0.05, 0) is 25.1 Å². The number of nitrogens with one attached hydrogen (secondary N) is 1. The molecule has 0 aliphatic heterocycles. The van der Waals surface area contributed by atoms with Crippen LogP contribution < -0.4 is 11.3 Å². The number of nitrogen functional groups attached to an aromatic ring is 1. The summed E-state index contributed by atoms with van der Waals surface area (Å²) in [5.74, 6) is 4.90. The molecule has 0 spiro atoms. The summed E-state index contributed by atoms with van der Waals surface area (Å²) in [6.45, 7) is 2.01. The van der Waals surface area contributed by atoms with Crippen molar-refractivity contribution in [1.29, 1.82) is 0 Å². The number of rotatable bonds is 3. The fraction of sp³-hybridized carbons (Fsp3) is 0.0588. The number of nitrogens with zero attached hydrogens (tertiary/aromatic N) is 2. The quantitative estimate of drug-likeness (QED) is 0.442. The first-order valence-corrected chi connectivity index (χ1v) is 6.92. The first-order valence-electron chi connectivity index (χ1n) is 6.92. The number of carbonyl (C=O) groups is 1. The summed E-state index contributed by atoms with van der Waals surface area (Å²) in [5.41, 5.74) is 6.18. The predicted octanol–water partition coefficient (Wildman–Crippen LogP) is 2.45. The highest BCUT2D eigenvalue weighted by atomic mass is 16.2. The van der Waals surface area contributed by atoms with Crippen molar-refractivity contribution in [2.45, 2.75) is 6.92 Å². The molecular weight excluding hydrogens is 276 g/mol. The summed E-state index contributed by atoms with van der Waals surface area (Å²) in [7, 11) is 0. The van der Waals surface area contributed by atoms with Crippen LogP contribution in [0.4, 0.5) is 0 Å². The van der Waals surface area contributed by atoms with Gasteiger partial charge in [0.2, 0.25) is 0 Å². The molecule has 110 valence electrons. The summed E-state index contributed by atoms with van der Waals surface area (Å²) >= 11 is 0. The fourth-order valence-corrected chi connectivity index (χ4v) is 2.25. The van der Waals surface area contributed by atoms with Gasteiger partial charge in [-0.2, -0.15) is 5.10 Å². The van der Waals surface area contributed by atoms with E-state index < -0.39 is 0 Å². The smallest absolute Gasteiger partial charge is 0.283 e. The lowest BCUT2D eigenvalue weighted by molar-refractivity contribution is 0.0946. The molecule has 5 heteroatoms. The molecule has 3 aromatic rings. The van der Waals surface area contributed by atoms with Gasteiger partial charge in [-0.25, -0.2) is 10.5 Å². The van der Waals surface area contributed by atoms with Crippen molar-refractivity contribution in [3.63, 3.8) is 0 Å². The van der Waals surface area contributed by atoms with Gasteiger partial charge in [-0.1, -0.05) is 48.0 Å². The van der Waals surface area contributed by atoms with Crippen molar-refractivity contribution in [2.24, 2.45) is 5.84 Å². The van der Waals surface area contributed by atoms with Crippen molar-refractivity contribution in [3.05, 3.63) is 71.9 Å². The van der Waals surface area contributed by atoms with Crippen LogP contribution in [-0.4, -0.2) is 15.7 Å². The highest BCUT2D eigenvalue weighted by molar-refractivity contribution is 5.93. The fourth-order valence-electron chi connectivity index (χ4n) is 2.25. The predicted molar refractivity (Wildman–Crippen MR) is 85.4 cm³/mol. The van der Waals surface area contributed by atoms with Crippen molar-refractivity contribution >= 4 is 5.91 Å². The maximum Gasteiger partial charge on any atom is 0.283 e. The second-order valence-corrected chi connectivity index (χ2v) is 5.00. The van der Waals surface area contributed by atoms with E-state index in [9.17, 15) is 4.79 Å². The van der Waals surface area contributed by atoms with Gasteiger partial charge >= 0.3 is 0 Å². The van der Waals surface area contributed by atoms with E-state index in [-0.39, 0.29) is 5.91 Å². The Balaban J connectivity index is 2.13. The molecule has 3 N–H and O–H groups in total. The average molecular weight is 292 g/mol. The Labute approximate surface area is 128 Å². The lowest BCUT2D eigenvalue weighted by Crippen LogP contribution is -2.31. The Bertz CT molecular complexity index is 791. The average Bonchev–Trinajstić information content (AvgIpc) is 3.01. The molecule has 0 fully saturated rings. The van der Waals surface area contributed by atoms with Crippen molar-refractivity contribution < 1.29 is 4.79 Å². The van der Waals surface area contributed by atoms with Crippen molar-refractivity contribution in [3.8, 4) is 16.9 Å². The van der Waals surface area contributed by atoms with E-state index in [0.29, 0.717) is 5.69 Å². The van der Waals surface area contributed by atoms with Crippen LogP contribution in [0.5, 0.6) is 0 Å². The lowest BCUT2D eigenvalue weighted by atomic mass is 10.1. The molecule has 2 aromatic carbocycles. The molecule has 5 nitrogen and oxygen atoms in total. The third-order valence-corrected chi connectivity index (χ3v) is 3.42. The van der Waals surface area contributed by atoms with Gasteiger partial charge in [-0.3, -0.25) is 10.2 Å². The van der Waals surface area contributed by atoms with Crippen LogP contribution in [0.3, 0.4) is 0 Å². The first kappa shape index (κ1) is 14.0. The summed E-state index contributed by atoms with van der Waals surface area (Å²) in [6.07, 6.45) is 0. The summed E-state index contributed by atoms with van der Waals surface area (Å²) in [6, 6.07) is 19.2. The molecule has 0 saturated carbocycles. The molecule has 0 aliphatic carbocycles. The van der Waals surface area contributed by atoms with Crippen LogP contribution in [0.1, 0.15) is 16.1 Å². The minimum Gasteiger partial charge on any atom is -0.289 e. The van der Waals surface area contributed by atoms with Gasteiger partial charge in [0, 0.05) is 5.56 Å². The highest BCUT2D eigenvalue weighted by Crippen LogP contribution is 2.21. The number of hydrogen-bond acceptors (Lipinski definition) is 3. The molecular formula is C17H16N4O. The molecule has 3 rings (SSSR count). The zero-order valence-corrected chi connectivity index (χ0v) is 12.2. The Morgan fingerprint density at radius 2 is 1.77 bits per heavy atom. The zero-order chi connectivity index (χ0) is 15.5. The third-order valence-electron chi connectivity index (χ3n) is 3.42. The number of benzene rings is 2. The van der Waals surface area contributed by atoms with E-state index in [1.165, 1.54) is 0 Å². The van der Waals surface area contributed by atoms with Gasteiger partial charge in [0.15, 0.2) is 0 Å².